The lowest BCUT2D eigenvalue weighted by Crippen LogP contribution is -2.42. The summed E-state index contributed by atoms with van der Waals surface area (Å²) in [5.41, 5.74) is 1.64. The van der Waals surface area contributed by atoms with Crippen molar-refractivity contribution in [2.45, 2.75) is 52.9 Å². The molecule has 0 saturated carbocycles. The summed E-state index contributed by atoms with van der Waals surface area (Å²) < 4.78 is 52.8. The fourth-order valence-electron chi connectivity index (χ4n) is 3.46. The van der Waals surface area contributed by atoms with Crippen LogP contribution < -0.4 is 10.0 Å². The van der Waals surface area contributed by atoms with Crippen LogP contribution in [0.15, 0.2) is 18.2 Å². The minimum Gasteiger partial charge on any atom is -0.326 e. The SMILES string of the molecule is CCCCS(=O)(=O)N1CCC(C(=O)Nc2cccc(NS(=O)(=O)CCC)c2C)CC1. The van der Waals surface area contributed by atoms with E-state index < -0.39 is 20.0 Å². The first kappa shape index (κ1) is 24.6. The van der Waals surface area contributed by atoms with Crippen molar-refractivity contribution >= 4 is 37.3 Å². The predicted octanol–water partition coefficient (Wildman–Crippen LogP) is 2.93. The molecule has 2 N–H and O–H groups in total. The second-order valence-electron chi connectivity index (χ2n) is 7.73. The number of piperidine rings is 1. The van der Waals surface area contributed by atoms with Gasteiger partial charge in [-0.15, -0.1) is 0 Å². The Morgan fingerprint density at radius 3 is 2.27 bits per heavy atom. The zero-order valence-corrected chi connectivity index (χ0v) is 19.6. The number of amides is 1. The molecule has 0 spiro atoms. The molecule has 0 atom stereocenters. The van der Waals surface area contributed by atoms with Crippen molar-refractivity contribution < 1.29 is 21.6 Å². The standard InChI is InChI=1S/C20H33N3O5S2/c1-4-6-15-30(27,28)23-12-10-17(11-13-23)20(24)21-18-8-7-9-19(16(18)3)22-29(25,26)14-5-2/h7-9,17,22H,4-6,10-15H2,1-3H3,(H,21,24). The molecule has 1 aromatic rings. The summed E-state index contributed by atoms with van der Waals surface area (Å²) in [6, 6.07) is 5.09. The van der Waals surface area contributed by atoms with E-state index in [1.807, 2.05) is 6.92 Å². The van der Waals surface area contributed by atoms with Gasteiger partial charge in [-0.2, -0.15) is 0 Å². The smallest absolute Gasteiger partial charge is 0.232 e. The molecule has 1 heterocycles. The fraction of sp³-hybridized carbons (Fsp3) is 0.650. The number of hydrogen-bond donors (Lipinski definition) is 2. The molecule has 1 saturated heterocycles. The van der Waals surface area contributed by atoms with Crippen LogP contribution in [0.25, 0.3) is 0 Å². The van der Waals surface area contributed by atoms with Gasteiger partial charge in [-0.25, -0.2) is 21.1 Å². The van der Waals surface area contributed by atoms with Crippen LogP contribution in [0.5, 0.6) is 0 Å². The van der Waals surface area contributed by atoms with Gasteiger partial charge in [-0.1, -0.05) is 26.3 Å². The molecule has 170 valence electrons. The molecule has 1 amide bonds. The van der Waals surface area contributed by atoms with E-state index in [0.717, 1.165) is 6.42 Å². The maximum atomic E-state index is 12.7. The Labute approximate surface area is 180 Å². The number of nitrogens with one attached hydrogen (secondary N) is 2. The average Bonchev–Trinajstić information content (AvgIpc) is 2.69. The summed E-state index contributed by atoms with van der Waals surface area (Å²) in [7, 11) is -6.68. The number of sulfonamides is 2. The second-order valence-corrected chi connectivity index (χ2v) is 11.7. The molecule has 30 heavy (non-hydrogen) atoms. The lowest BCUT2D eigenvalue weighted by atomic mass is 9.97. The fourth-order valence-corrected chi connectivity index (χ4v) is 6.33. The van der Waals surface area contributed by atoms with E-state index in [0.29, 0.717) is 55.7 Å². The van der Waals surface area contributed by atoms with Gasteiger partial charge in [0.25, 0.3) is 0 Å². The second kappa shape index (κ2) is 10.6. The number of unbranched alkanes of at least 4 members (excludes halogenated alkanes) is 1. The third-order valence-electron chi connectivity index (χ3n) is 5.30. The molecule has 0 bridgehead atoms. The quantitative estimate of drug-likeness (QED) is 0.559. The third kappa shape index (κ3) is 6.68. The number of anilines is 2. The highest BCUT2D eigenvalue weighted by Crippen LogP contribution is 2.27. The van der Waals surface area contributed by atoms with Crippen molar-refractivity contribution in [3.8, 4) is 0 Å². The molecular formula is C20H33N3O5S2. The zero-order chi connectivity index (χ0) is 22.4. The molecule has 10 heteroatoms. The molecule has 1 aromatic carbocycles. The van der Waals surface area contributed by atoms with Crippen LogP contribution in [0, 0.1) is 12.8 Å². The van der Waals surface area contributed by atoms with Gasteiger partial charge < -0.3 is 5.32 Å². The maximum absolute atomic E-state index is 12.7. The van der Waals surface area contributed by atoms with Crippen LogP contribution in [0.1, 0.15) is 51.5 Å². The van der Waals surface area contributed by atoms with Gasteiger partial charge in [0.1, 0.15) is 0 Å². The summed E-state index contributed by atoms with van der Waals surface area (Å²) in [4.78, 5) is 12.7. The number of rotatable bonds is 10. The molecule has 8 nitrogen and oxygen atoms in total. The molecule has 0 aromatic heterocycles. The molecular weight excluding hydrogens is 426 g/mol. The highest BCUT2D eigenvalue weighted by molar-refractivity contribution is 7.92. The van der Waals surface area contributed by atoms with E-state index in [1.54, 1.807) is 32.0 Å². The molecule has 0 unspecified atom stereocenters. The molecule has 1 aliphatic rings. The van der Waals surface area contributed by atoms with E-state index in [1.165, 1.54) is 4.31 Å². The summed E-state index contributed by atoms with van der Waals surface area (Å²) >= 11 is 0. The molecule has 1 aliphatic heterocycles. The third-order valence-corrected chi connectivity index (χ3v) is 8.74. The Morgan fingerprint density at radius 2 is 1.67 bits per heavy atom. The first-order valence-corrected chi connectivity index (χ1v) is 13.7. The van der Waals surface area contributed by atoms with Gasteiger partial charge in [0, 0.05) is 24.7 Å². The van der Waals surface area contributed by atoms with Gasteiger partial charge in [0.15, 0.2) is 0 Å². The molecule has 0 aliphatic carbocycles. The first-order chi connectivity index (χ1) is 14.1. The van der Waals surface area contributed by atoms with Gasteiger partial charge in [-0.3, -0.25) is 9.52 Å². The van der Waals surface area contributed by atoms with Crippen LogP contribution in [0.4, 0.5) is 11.4 Å². The van der Waals surface area contributed by atoms with Gasteiger partial charge >= 0.3 is 0 Å². The van der Waals surface area contributed by atoms with Crippen molar-refractivity contribution in [1.29, 1.82) is 0 Å². The number of benzene rings is 1. The topological polar surface area (TPSA) is 113 Å². The van der Waals surface area contributed by atoms with E-state index in [2.05, 4.69) is 10.0 Å². The highest BCUT2D eigenvalue weighted by atomic mass is 32.2. The largest absolute Gasteiger partial charge is 0.326 e. The lowest BCUT2D eigenvalue weighted by molar-refractivity contribution is -0.120. The van der Waals surface area contributed by atoms with Gasteiger partial charge in [-0.05, 0) is 50.3 Å². The van der Waals surface area contributed by atoms with Crippen molar-refractivity contribution in [2.24, 2.45) is 5.92 Å². The van der Waals surface area contributed by atoms with Crippen molar-refractivity contribution in [3.05, 3.63) is 23.8 Å². The van der Waals surface area contributed by atoms with Crippen molar-refractivity contribution in [3.63, 3.8) is 0 Å². The van der Waals surface area contributed by atoms with Crippen LogP contribution in [-0.4, -0.2) is 51.6 Å². The van der Waals surface area contributed by atoms with Gasteiger partial charge in [0.2, 0.25) is 26.0 Å². The lowest BCUT2D eigenvalue weighted by Gasteiger charge is -2.30. The normalized spacial score (nSPS) is 16.4. The Kier molecular flexibility index (Phi) is 8.69. The molecule has 1 fully saturated rings. The zero-order valence-electron chi connectivity index (χ0n) is 18.0. The van der Waals surface area contributed by atoms with Crippen LogP contribution in [0.2, 0.25) is 0 Å². The first-order valence-electron chi connectivity index (χ1n) is 10.5. The van der Waals surface area contributed by atoms with Crippen molar-refractivity contribution in [1.82, 2.24) is 4.31 Å². The maximum Gasteiger partial charge on any atom is 0.232 e. The minimum atomic E-state index is -3.42. The average molecular weight is 460 g/mol. The summed E-state index contributed by atoms with van der Waals surface area (Å²) in [5, 5.41) is 2.88. The van der Waals surface area contributed by atoms with E-state index in [4.69, 9.17) is 0 Å². The Bertz CT molecular complexity index is 937. The number of carbonyl (C=O) groups excluding carboxylic acids is 1. The van der Waals surface area contributed by atoms with Crippen LogP contribution in [-0.2, 0) is 24.8 Å². The number of hydrogen-bond acceptors (Lipinski definition) is 5. The van der Waals surface area contributed by atoms with E-state index in [-0.39, 0.29) is 23.3 Å². The summed E-state index contributed by atoms with van der Waals surface area (Å²) in [6.45, 7) is 6.20. The van der Waals surface area contributed by atoms with Crippen molar-refractivity contribution in [2.75, 3.05) is 34.6 Å². The van der Waals surface area contributed by atoms with E-state index in [9.17, 15) is 21.6 Å². The summed E-state index contributed by atoms with van der Waals surface area (Å²) in [6.07, 6.45) is 2.92. The predicted molar refractivity (Wildman–Crippen MR) is 121 cm³/mol. The van der Waals surface area contributed by atoms with Gasteiger partial charge in [0.05, 0.1) is 17.2 Å². The number of carbonyl (C=O) groups is 1. The molecule has 2 rings (SSSR count). The highest BCUT2D eigenvalue weighted by Gasteiger charge is 2.31. The number of nitrogens with zero attached hydrogens (tertiary/aromatic N) is 1. The Balaban J connectivity index is 2.00. The Hall–Kier alpha value is -1.65. The molecule has 0 radical (unpaired) electrons. The Morgan fingerprint density at radius 1 is 1.03 bits per heavy atom. The monoisotopic (exact) mass is 459 g/mol. The van der Waals surface area contributed by atoms with E-state index >= 15 is 0 Å². The van der Waals surface area contributed by atoms with Crippen LogP contribution in [0.3, 0.4) is 0 Å². The minimum absolute atomic E-state index is 0.0305. The van der Waals surface area contributed by atoms with Crippen LogP contribution >= 0.6 is 0 Å². The summed E-state index contributed by atoms with van der Waals surface area (Å²) in [5.74, 6) is -0.261.